The lowest BCUT2D eigenvalue weighted by molar-refractivity contribution is -0.00805. The fourth-order valence-corrected chi connectivity index (χ4v) is 2.82. The van der Waals surface area contributed by atoms with Crippen LogP contribution >= 0.6 is 24.0 Å². The first-order valence-corrected chi connectivity index (χ1v) is 8.25. The molecule has 142 valence electrons. The first-order chi connectivity index (χ1) is 12.2. The third-order valence-corrected chi connectivity index (χ3v) is 4.09. The Kier molecular flexibility index (Phi) is 7.64. The van der Waals surface area contributed by atoms with Crippen LogP contribution in [0.15, 0.2) is 35.6 Å². The van der Waals surface area contributed by atoms with E-state index in [1.165, 1.54) is 0 Å². The summed E-state index contributed by atoms with van der Waals surface area (Å²) in [6.45, 7) is 2.76. The monoisotopic (exact) mass is 472 g/mol. The Bertz CT molecular complexity index is 736. The number of morpholine rings is 1. The van der Waals surface area contributed by atoms with Crippen molar-refractivity contribution < 1.29 is 9.47 Å². The molecule has 8 nitrogen and oxygen atoms in total. The summed E-state index contributed by atoms with van der Waals surface area (Å²) in [5, 5.41) is 7.59. The van der Waals surface area contributed by atoms with Crippen molar-refractivity contribution in [2.75, 3.05) is 33.9 Å². The predicted molar refractivity (Wildman–Crippen MR) is 110 cm³/mol. The largest absolute Gasteiger partial charge is 0.481 e. The molecule has 1 atom stereocenters. The second-order valence-electron chi connectivity index (χ2n) is 5.82. The Morgan fingerprint density at radius 2 is 2.31 bits per heavy atom. The number of methoxy groups -OCH3 is 1. The van der Waals surface area contributed by atoms with Gasteiger partial charge in [0.2, 0.25) is 5.88 Å². The number of ether oxygens (including phenoxy) is 2. The van der Waals surface area contributed by atoms with Crippen molar-refractivity contribution >= 4 is 29.9 Å². The lowest BCUT2D eigenvalue weighted by Crippen LogP contribution is -2.48. The molecule has 0 aliphatic carbocycles. The molecule has 0 saturated carbocycles. The molecule has 26 heavy (non-hydrogen) atoms. The van der Waals surface area contributed by atoms with Gasteiger partial charge in [-0.05, 0) is 6.07 Å². The van der Waals surface area contributed by atoms with Gasteiger partial charge in [0.05, 0.1) is 38.7 Å². The van der Waals surface area contributed by atoms with Crippen LogP contribution in [0.1, 0.15) is 17.4 Å². The maximum absolute atomic E-state index is 5.89. The average Bonchev–Trinajstić information content (AvgIpc) is 3.09. The van der Waals surface area contributed by atoms with Gasteiger partial charge in [0, 0.05) is 38.5 Å². The van der Waals surface area contributed by atoms with E-state index in [9.17, 15) is 0 Å². The molecule has 0 bridgehead atoms. The molecule has 3 heterocycles. The van der Waals surface area contributed by atoms with Gasteiger partial charge in [-0.3, -0.25) is 9.67 Å². The Balaban J connectivity index is 0.00000243. The molecule has 1 saturated heterocycles. The zero-order chi connectivity index (χ0) is 17.6. The number of aromatic nitrogens is 3. The number of pyridine rings is 1. The number of nitrogens with one attached hydrogen (secondary N) is 1. The summed E-state index contributed by atoms with van der Waals surface area (Å²) in [6.07, 6.45) is 3.84. The number of nitrogens with zero attached hydrogens (tertiary/aromatic N) is 5. The molecule has 2 aromatic rings. The van der Waals surface area contributed by atoms with Crippen LogP contribution in [0, 0.1) is 0 Å². The fraction of sp³-hybridized carbons (Fsp3) is 0.471. The topological polar surface area (TPSA) is 76.8 Å². The van der Waals surface area contributed by atoms with E-state index in [-0.39, 0.29) is 30.1 Å². The SMILES string of the molecule is CN=C(NCc1cccc(OC)n1)N1CCOC(c2cnn(C)c2)C1.I. The molecule has 1 N–H and O–H groups in total. The number of halogens is 1. The van der Waals surface area contributed by atoms with Crippen molar-refractivity contribution in [1.82, 2.24) is 25.0 Å². The van der Waals surface area contributed by atoms with Crippen molar-refractivity contribution in [2.24, 2.45) is 12.0 Å². The Morgan fingerprint density at radius 3 is 3.00 bits per heavy atom. The van der Waals surface area contributed by atoms with Crippen molar-refractivity contribution in [3.63, 3.8) is 0 Å². The summed E-state index contributed by atoms with van der Waals surface area (Å²) in [4.78, 5) is 11.0. The molecule has 0 spiro atoms. The van der Waals surface area contributed by atoms with Crippen LogP contribution in [0.5, 0.6) is 5.88 Å². The van der Waals surface area contributed by atoms with Gasteiger partial charge in [-0.15, -0.1) is 24.0 Å². The molecule has 1 fully saturated rings. The van der Waals surface area contributed by atoms with Crippen molar-refractivity contribution in [2.45, 2.75) is 12.6 Å². The van der Waals surface area contributed by atoms with E-state index in [1.807, 2.05) is 37.6 Å². The highest BCUT2D eigenvalue weighted by Crippen LogP contribution is 2.21. The van der Waals surface area contributed by atoms with Crippen molar-refractivity contribution in [3.8, 4) is 5.88 Å². The van der Waals surface area contributed by atoms with E-state index in [2.05, 4.69) is 25.3 Å². The first kappa shape index (κ1) is 20.4. The molecule has 9 heteroatoms. The Hall–Kier alpha value is -1.88. The van der Waals surface area contributed by atoms with Crippen LogP contribution in [0.4, 0.5) is 0 Å². The maximum Gasteiger partial charge on any atom is 0.213 e. The fourth-order valence-electron chi connectivity index (χ4n) is 2.82. The lowest BCUT2D eigenvalue weighted by atomic mass is 10.1. The molecule has 0 radical (unpaired) electrons. The molecule has 1 aliphatic heterocycles. The highest BCUT2D eigenvalue weighted by molar-refractivity contribution is 14.0. The maximum atomic E-state index is 5.89. The minimum Gasteiger partial charge on any atom is -0.481 e. The van der Waals surface area contributed by atoms with Gasteiger partial charge in [-0.25, -0.2) is 4.98 Å². The predicted octanol–water partition coefficient (Wildman–Crippen LogP) is 1.59. The van der Waals surface area contributed by atoms with E-state index in [1.54, 1.807) is 18.8 Å². The molecule has 1 aliphatic rings. The number of aryl methyl sites for hydroxylation is 1. The van der Waals surface area contributed by atoms with Gasteiger partial charge in [-0.1, -0.05) is 6.07 Å². The van der Waals surface area contributed by atoms with E-state index in [0.29, 0.717) is 19.0 Å². The summed E-state index contributed by atoms with van der Waals surface area (Å²) in [5.74, 6) is 1.44. The van der Waals surface area contributed by atoms with E-state index in [4.69, 9.17) is 9.47 Å². The van der Waals surface area contributed by atoms with Gasteiger partial charge in [0.1, 0.15) is 6.10 Å². The van der Waals surface area contributed by atoms with Crippen LogP contribution in [-0.2, 0) is 18.3 Å². The number of guanidine groups is 1. The number of hydrogen-bond donors (Lipinski definition) is 1. The molecule has 3 rings (SSSR count). The highest BCUT2D eigenvalue weighted by atomic mass is 127. The summed E-state index contributed by atoms with van der Waals surface area (Å²) < 4.78 is 12.8. The molecular formula is C17H25IN6O2. The van der Waals surface area contributed by atoms with Gasteiger partial charge in [0.25, 0.3) is 0 Å². The van der Waals surface area contributed by atoms with Crippen LogP contribution in [0.2, 0.25) is 0 Å². The third-order valence-electron chi connectivity index (χ3n) is 4.09. The van der Waals surface area contributed by atoms with Crippen molar-refractivity contribution in [3.05, 3.63) is 41.9 Å². The molecule has 2 aromatic heterocycles. The van der Waals surface area contributed by atoms with Crippen LogP contribution in [0.3, 0.4) is 0 Å². The normalized spacial score (nSPS) is 17.6. The summed E-state index contributed by atoms with van der Waals surface area (Å²) >= 11 is 0. The third kappa shape index (κ3) is 5.07. The van der Waals surface area contributed by atoms with Gasteiger partial charge in [0.15, 0.2) is 5.96 Å². The Labute approximate surface area is 170 Å². The van der Waals surface area contributed by atoms with Crippen LogP contribution in [0.25, 0.3) is 0 Å². The second-order valence-corrected chi connectivity index (χ2v) is 5.82. The number of rotatable bonds is 4. The molecular weight excluding hydrogens is 447 g/mol. The Morgan fingerprint density at radius 1 is 1.46 bits per heavy atom. The standard InChI is InChI=1S/C17H24N6O2.HI/c1-18-17(19-10-14-5-4-6-16(21-14)24-3)23-7-8-25-15(12-23)13-9-20-22(2)11-13;/h4-6,9,11,15H,7-8,10,12H2,1-3H3,(H,18,19);1H. The smallest absolute Gasteiger partial charge is 0.213 e. The zero-order valence-electron chi connectivity index (χ0n) is 15.3. The number of hydrogen-bond acceptors (Lipinski definition) is 5. The summed E-state index contributed by atoms with van der Waals surface area (Å²) in [7, 11) is 5.31. The van der Waals surface area contributed by atoms with Gasteiger partial charge < -0.3 is 19.7 Å². The molecule has 0 aromatic carbocycles. The molecule has 0 amide bonds. The van der Waals surface area contributed by atoms with Crippen LogP contribution in [-0.4, -0.2) is 59.5 Å². The first-order valence-electron chi connectivity index (χ1n) is 8.25. The minimum atomic E-state index is -0.00376. The van der Waals surface area contributed by atoms with Gasteiger partial charge in [-0.2, -0.15) is 5.10 Å². The van der Waals surface area contributed by atoms with Crippen molar-refractivity contribution in [1.29, 1.82) is 0 Å². The second kappa shape index (κ2) is 9.72. The lowest BCUT2D eigenvalue weighted by Gasteiger charge is -2.34. The van der Waals surface area contributed by atoms with Crippen LogP contribution < -0.4 is 10.1 Å². The minimum absolute atomic E-state index is 0. The average molecular weight is 472 g/mol. The van der Waals surface area contributed by atoms with Gasteiger partial charge >= 0.3 is 0 Å². The van der Waals surface area contributed by atoms with E-state index >= 15 is 0 Å². The van der Waals surface area contributed by atoms with E-state index in [0.717, 1.165) is 30.3 Å². The highest BCUT2D eigenvalue weighted by Gasteiger charge is 2.25. The summed E-state index contributed by atoms with van der Waals surface area (Å²) in [5.41, 5.74) is 1.98. The number of aliphatic imine (C=N–C) groups is 1. The quantitative estimate of drug-likeness (QED) is 0.414. The van der Waals surface area contributed by atoms with E-state index < -0.39 is 0 Å². The zero-order valence-corrected chi connectivity index (χ0v) is 17.6. The summed E-state index contributed by atoms with van der Waals surface area (Å²) in [6, 6.07) is 5.72. The molecule has 1 unspecified atom stereocenters.